The standard InChI is InChI=1S/C8H18N2O2/c1-7(6-11)9-8(12)4-5-10(2)3/h7,11H,4-6H2,1-3H3,(H,9,12)/t7-/m0/s1. The molecule has 0 radical (unpaired) electrons. The topological polar surface area (TPSA) is 52.6 Å². The van der Waals surface area contributed by atoms with Crippen LogP contribution in [0.1, 0.15) is 13.3 Å². The molecule has 4 nitrogen and oxygen atoms in total. The van der Waals surface area contributed by atoms with Gasteiger partial charge in [0.25, 0.3) is 0 Å². The number of carbonyl (C=O) groups excluding carboxylic acids is 1. The average Bonchev–Trinajstić information content (AvgIpc) is 2.00. The summed E-state index contributed by atoms with van der Waals surface area (Å²) in [4.78, 5) is 13.0. The van der Waals surface area contributed by atoms with Crippen LogP contribution in [0.3, 0.4) is 0 Å². The minimum atomic E-state index is -0.139. The molecule has 1 atom stereocenters. The quantitative estimate of drug-likeness (QED) is 0.587. The summed E-state index contributed by atoms with van der Waals surface area (Å²) in [6.45, 7) is 2.51. The molecule has 0 spiro atoms. The predicted octanol–water partition coefficient (Wildman–Crippen LogP) is -0.565. The second-order valence-electron chi connectivity index (χ2n) is 3.20. The minimum Gasteiger partial charge on any atom is -0.394 e. The number of aliphatic hydroxyl groups excluding tert-OH is 1. The van der Waals surface area contributed by atoms with E-state index in [1.165, 1.54) is 0 Å². The first-order valence-electron chi connectivity index (χ1n) is 4.11. The Morgan fingerprint density at radius 3 is 2.58 bits per heavy atom. The molecule has 0 rings (SSSR count). The van der Waals surface area contributed by atoms with E-state index in [1.54, 1.807) is 6.92 Å². The van der Waals surface area contributed by atoms with Crippen LogP contribution in [-0.2, 0) is 4.79 Å². The van der Waals surface area contributed by atoms with Gasteiger partial charge in [-0.1, -0.05) is 0 Å². The highest BCUT2D eigenvalue weighted by atomic mass is 16.3. The van der Waals surface area contributed by atoms with Gasteiger partial charge in [-0.15, -0.1) is 0 Å². The Kier molecular flexibility index (Phi) is 5.66. The third-order valence-electron chi connectivity index (χ3n) is 1.47. The molecule has 0 aromatic heterocycles. The number of amides is 1. The van der Waals surface area contributed by atoms with Crippen molar-refractivity contribution in [3.8, 4) is 0 Å². The molecule has 12 heavy (non-hydrogen) atoms. The van der Waals surface area contributed by atoms with E-state index in [0.29, 0.717) is 6.42 Å². The van der Waals surface area contributed by atoms with E-state index >= 15 is 0 Å². The highest BCUT2D eigenvalue weighted by molar-refractivity contribution is 5.76. The van der Waals surface area contributed by atoms with E-state index in [1.807, 2.05) is 19.0 Å². The van der Waals surface area contributed by atoms with Gasteiger partial charge in [-0.2, -0.15) is 0 Å². The fourth-order valence-electron chi connectivity index (χ4n) is 0.718. The Morgan fingerprint density at radius 1 is 1.58 bits per heavy atom. The van der Waals surface area contributed by atoms with Crippen molar-refractivity contribution in [3.05, 3.63) is 0 Å². The van der Waals surface area contributed by atoms with Gasteiger partial charge in [0, 0.05) is 19.0 Å². The number of nitrogens with one attached hydrogen (secondary N) is 1. The number of nitrogens with zero attached hydrogens (tertiary/aromatic N) is 1. The Hall–Kier alpha value is -0.610. The molecule has 0 fully saturated rings. The maximum absolute atomic E-state index is 11.1. The van der Waals surface area contributed by atoms with Crippen LogP contribution in [0.5, 0.6) is 0 Å². The van der Waals surface area contributed by atoms with Crippen molar-refractivity contribution in [3.63, 3.8) is 0 Å². The van der Waals surface area contributed by atoms with E-state index in [-0.39, 0.29) is 18.6 Å². The molecule has 72 valence electrons. The summed E-state index contributed by atoms with van der Waals surface area (Å²) in [6.07, 6.45) is 0.483. The third kappa shape index (κ3) is 6.12. The first-order valence-corrected chi connectivity index (χ1v) is 4.11. The predicted molar refractivity (Wildman–Crippen MR) is 47.9 cm³/mol. The second-order valence-corrected chi connectivity index (χ2v) is 3.20. The van der Waals surface area contributed by atoms with Gasteiger partial charge in [0.1, 0.15) is 0 Å². The summed E-state index contributed by atoms with van der Waals surface area (Å²) >= 11 is 0. The number of rotatable bonds is 5. The van der Waals surface area contributed by atoms with E-state index in [9.17, 15) is 4.79 Å². The zero-order chi connectivity index (χ0) is 9.56. The van der Waals surface area contributed by atoms with Crippen molar-refractivity contribution in [1.82, 2.24) is 10.2 Å². The number of aliphatic hydroxyl groups is 1. The van der Waals surface area contributed by atoms with Gasteiger partial charge in [0.2, 0.25) is 5.91 Å². The van der Waals surface area contributed by atoms with Crippen molar-refractivity contribution >= 4 is 5.91 Å². The van der Waals surface area contributed by atoms with Crippen molar-refractivity contribution < 1.29 is 9.90 Å². The van der Waals surface area contributed by atoms with Crippen LogP contribution >= 0.6 is 0 Å². The van der Waals surface area contributed by atoms with Crippen LogP contribution in [0.25, 0.3) is 0 Å². The van der Waals surface area contributed by atoms with Gasteiger partial charge in [-0.3, -0.25) is 4.79 Å². The molecular formula is C8H18N2O2. The Morgan fingerprint density at radius 2 is 2.17 bits per heavy atom. The molecule has 1 amide bonds. The monoisotopic (exact) mass is 174 g/mol. The molecular weight excluding hydrogens is 156 g/mol. The summed E-state index contributed by atoms with van der Waals surface area (Å²) in [7, 11) is 3.84. The number of hydrogen-bond acceptors (Lipinski definition) is 3. The lowest BCUT2D eigenvalue weighted by Gasteiger charge is -2.12. The van der Waals surface area contributed by atoms with Crippen LogP contribution < -0.4 is 5.32 Å². The van der Waals surface area contributed by atoms with E-state index in [0.717, 1.165) is 6.54 Å². The molecule has 0 saturated carbocycles. The van der Waals surface area contributed by atoms with Crippen molar-refractivity contribution in [1.29, 1.82) is 0 Å². The van der Waals surface area contributed by atoms with Gasteiger partial charge in [0.05, 0.1) is 6.61 Å². The molecule has 0 aliphatic carbocycles. The minimum absolute atomic E-state index is 0.00625. The van der Waals surface area contributed by atoms with Gasteiger partial charge in [-0.25, -0.2) is 0 Å². The molecule has 0 aliphatic rings. The molecule has 0 heterocycles. The van der Waals surface area contributed by atoms with Gasteiger partial charge in [-0.05, 0) is 21.0 Å². The Bertz CT molecular complexity index is 137. The highest BCUT2D eigenvalue weighted by Gasteiger charge is 2.05. The van der Waals surface area contributed by atoms with Crippen molar-refractivity contribution in [2.24, 2.45) is 0 Å². The molecule has 0 saturated heterocycles. The van der Waals surface area contributed by atoms with Crippen LogP contribution in [0.2, 0.25) is 0 Å². The van der Waals surface area contributed by atoms with Gasteiger partial charge < -0.3 is 15.3 Å². The van der Waals surface area contributed by atoms with Gasteiger partial charge in [0.15, 0.2) is 0 Å². The van der Waals surface area contributed by atoms with E-state index < -0.39 is 0 Å². The van der Waals surface area contributed by atoms with Crippen LogP contribution in [0.4, 0.5) is 0 Å². The third-order valence-corrected chi connectivity index (χ3v) is 1.47. The lowest BCUT2D eigenvalue weighted by Crippen LogP contribution is -2.36. The van der Waals surface area contributed by atoms with Crippen molar-refractivity contribution in [2.45, 2.75) is 19.4 Å². The lowest BCUT2D eigenvalue weighted by molar-refractivity contribution is -0.122. The summed E-state index contributed by atoms with van der Waals surface area (Å²) in [6, 6.07) is -0.139. The fraction of sp³-hybridized carbons (Fsp3) is 0.875. The summed E-state index contributed by atoms with van der Waals surface area (Å²) in [5.74, 6) is -0.00903. The maximum Gasteiger partial charge on any atom is 0.221 e. The molecule has 0 bridgehead atoms. The molecule has 0 unspecified atom stereocenters. The van der Waals surface area contributed by atoms with Crippen molar-refractivity contribution in [2.75, 3.05) is 27.2 Å². The van der Waals surface area contributed by atoms with Crippen LogP contribution in [0, 0.1) is 0 Å². The number of carbonyl (C=O) groups is 1. The molecule has 0 aliphatic heterocycles. The summed E-state index contributed by atoms with van der Waals surface area (Å²) in [5.41, 5.74) is 0. The van der Waals surface area contributed by atoms with Gasteiger partial charge >= 0.3 is 0 Å². The first-order chi connectivity index (χ1) is 5.56. The zero-order valence-corrected chi connectivity index (χ0v) is 8.00. The Labute approximate surface area is 73.6 Å². The average molecular weight is 174 g/mol. The highest BCUT2D eigenvalue weighted by Crippen LogP contribution is 1.85. The molecule has 2 N–H and O–H groups in total. The first kappa shape index (κ1) is 11.4. The van der Waals surface area contributed by atoms with Crippen LogP contribution in [-0.4, -0.2) is 49.2 Å². The SMILES string of the molecule is C[C@@H](CO)NC(=O)CCN(C)C. The summed E-state index contributed by atoms with van der Waals surface area (Å²) in [5, 5.41) is 11.3. The zero-order valence-electron chi connectivity index (χ0n) is 8.00. The molecule has 0 aromatic carbocycles. The number of hydrogen-bond donors (Lipinski definition) is 2. The second kappa shape index (κ2) is 5.97. The van der Waals surface area contributed by atoms with E-state index in [4.69, 9.17) is 5.11 Å². The Balaban J connectivity index is 3.46. The maximum atomic E-state index is 11.1. The fourth-order valence-corrected chi connectivity index (χ4v) is 0.718. The largest absolute Gasteiger partial charge is 0.394 e. The lowest BCUT2D eigenvalue weighted by atomic mass is 10.3. The summed E-state index contributed by atoms with van der Waals surface area (Å²) < 4.78 is 0. The van der Waals surface area contributed by atoms with Crippen LogP contribution in [0.15, 0.2) is 0 Å². The normalized spacial score (nSPS) is 13.1. The molecule has 4 heteroatoms. The smallest absolute Gasteiger partial charge is 0.221 e. The van der Waals surface area contributed by atoms with E-state index in [2.05, 4.69) is 5.32 Å². The molecule has 0 aromatic rings.